The van der Waals surface area contributed by atoms with Crippen LogP contribution in [0.25, 0.3) is 5.57 Å². The molecule has 0 unspecified atom stereocenters. The summed E-state index contributed by atoms with van der Waals surface area (Å²) in [6.07, 6.45) is 0.0955. The minimum Gasteiger partial charge on any atom is -0.396 e. The summed E-state index contributed by atoms with van der Waals surface area (Å²) in [6, 6.07) is 5.27. The van der Waals surface area contributed by atoms with E-state index < -0.39 is 11.7 Å². The standard InChI is InChI=1S/C15H15F3OS/c16-15(17,18)13-6-3-11(4-7-13)12-5-8-14(20-10-12)2-1-9-19/h3-4,6-8,10,19H,1-2,5,9H2. The van der Waals surface area contributed by atoms with Gasteiger partial charge < -0.3 is 5.11 Å². The van der Waals surface area contributed by atoms with E-state index in [9.17, 15) is 13.2 Å². The van der Waals surface area contributed by atoms with Gasteiger partial charge in [0.1, 0.15) is 0 Å². The van der Waals surface area contributed by atoms with E-state index in [1.54, 1.807) is 11.8 Å². The van der Waals surface area contributed by atoms with E-state index in [1.165, 1.54) is 17.0 Å². The Labute approximate surface area is 120 Å². The molecule has 0 aromatic heterocycles. The fraction of sp³-hybridized carbons (Fsp3) is 0.333. The van der Waals surface area contributed by atoms with Crippen LogP contribution < -0.4 is 0 Å². The summed E-state index contributed by atoms with van der Waals surface area (Å²) in [5.41, 5.74) is 1.23. The minimum absolute atomic E-state index is 0.174. The van der Waals surface area contributed by atoms with Gasteiger partial charge in [0, 0.05) is 6.61 Å². The Morgan fingerprint density at radius 1 is 1.15 bits per heavy atom. The Kier molecular flexibility index (Phi) is 4.94. The summed E-state index contributed by atoms with van der Waals surface area (Å²) >= 11 is 1.58. The van der Waals surface area contributed by atoms with Crippen molar-refractivity contribution >= 4 is 17.3 Å². The molecule has 1 aliphatic rings. The molecule has 0 atom stereocenters. The van der Waals surface area contributed by atoms with Crippen LogP contribution in [-0.4, -0.2) is 11.7 Å². The molecule has 0 amide bonds. The number of thioether (sulfide) groups is 1. The molecule has 0 aliphatic carbocycles. The number of aliphatic hydroxyl groups is 1. The lowest BCUT2D eigenvalue weighted by Gasteiger charge is -2.14. The SMILES string of the molecule is OCCCC1=CCC(c2ccc(C(F)(F)F)cc2)=CS1. The Hall–Kier alpha value is -1.20. The molecule has 5 heteroatoms. The monoisotopic (exact) mass is 300 g/mol. The summed E-state index contributed by atoms with van der Waals surface area (Å²) < 4.78 is 37.4. The van der Waals surface area contributed by atoms with Crippen LogP contribution in [0.2, 0.25) is 0 Å². The molecular formula is C15H15F3OS. The third kappa shape index (κ3) is 3.90. The van der Waals surface area contributed by atoms with Crippen molar-refractivity contribution in [1.29, 1.82) is 0 Å². The zero-order valence-corrected chi connectivity index (χ0v) is 11.6. The summed E-state index contributed by atoms with van der Waals surface area (Å²) in [6.45, 7) is 0.174. The second-order valence-corrected chi connectivity index (χ2v) is 5.53. The number of hydrogen-bond acceptors (Lipinski definition) is 2. The van der Waals surface area contributed by atoms with E-state index in [2.05, 4.69) is 6.08 Å². The first kappa shape index (κ1) is 15.2. The van der Waals surface area contributed by atoms with E-state index >= 15 is 0 Å². The third-order valence-electron chi connectivity index (χ3n) is 3.07. The highest BCUT2D eigenvalue weighted by atomic mass is 32.2. The van der Waals surface area contributed by atoms with Gasteiger partial charge in [0.2, 0.25) is 0 Å². The lowest BCUT2D eigenvalue weighted by Crippen LogP contribution is -2.04. The van der Waals surface area contributed by atoms with Crippen molar-refractivity contribution in [2.45, 2.75) is 25.4 Å². The third-order valence-corrected chi connectivity index (χ3v) is 4.14. The molecule has 108 valence electrons. The van der Waals surface area contributed by atoms with Gasteiger partial charge in [0.05, 0.1) is 5.56 Å². The maximum absolute atomic E-state index is 12.5. The molecule has 1 aliphatic heterocycles. The maximum atomic E-state index is 12.5. The quantitative estimate of drug-likeness (QED) is 0.858. The van der Waals surface area contributed by atoms with Crippen LogP contribution in [0.4, 0.5) is 13.2 Å². The Balaban J connectivity index is 2.02. The van der Waals surface area contributed by atoms with Gasteiger partial charge in [-0.1, -0.05) is 18.2 Å². The smallest absolute Gasteiger partial charge is 0.396 e. The molecule has 2 rings (SSSR count). The molecule has 1 nitrogen and oxygen atoms in total. The van der Waals surface area contributed by atoms with Crippen molar-refractivity contribution in [2.24, 2.45) is 0 Å². The first-order chi connectivity index (χ1) is 9.50. The number of alkyl halides is 3. The minimum atomic E-state index is -4.29. The largest absolute Gasteiger partial charge is 0.416 e. The van der Waals surface area contributed by atoms with E-state index in [1.807, 2.05) is 5.41 Å². The van der Waals surface area contributed by atoms with E-state index in [-0.39, 0.29) is 6.61 Å². The lowest BCUT2D eigenvalue weighted by atomic mass is 10.0. The van der Waals surface area contributed by atoms with Gasteiger partial charge in [-0.15, -0.1) is 11.8 Å². The van der Waals surface area contributed by atoms with Gasteiger partial charge >= 0.3 is 6.18 Å². The summed E-state index contributed by atoms with van der Waals surface area (Å²) in [5.74, 6) is 0. The van der Waals surface area contributed by atoms with Crippen molar-refractivity contribution < 1.29 is 18.3 Å². The average molecular weight is 300 g/mol. The number of allylic oxidation sites excluding steroid dienone is 3. The van der Waals surface area contributed by atoms with Gasteiger partial charge in [-0.2, -0.15) is 13.2 Å². The van der Waals surface area contributed by atoms with Gasteiger partial charge in [-0.05, 0) is 52.8 Å². The lowest BCUT2D eigenvalue weighted by molar-refractivity contribution is -0.137. The molecule has 1 N–H and O–H groups in total. The van der Waals surface area contributed by atoms with Gasteiger partial charge in [-0.25, -0.2) is 0 Å². The number of aliphatic hydroxyl groups excluding tert-OH is 1. The van der Waals surface area contributed by atoms with E-state index in [0.717, 1.165) is 42.5 Å². The Morgan fingerprint density at radius 3 is 2.35 bits per heavy atom. The normalized spacial score (nSPS) is 15.8. The highest BCUT2D eigenvalue weighted by Crippen LogP contribution is 2.36. The summed E-state index contributed by atoms with van der Waals surface area (Å²) in [4.78, 5) is 1.20. The molecule has 0 spiro atoms. The van der Waals surface area contributed by atoms with E-state index in [0.29, 0.717) is 0 Å². The predicted octanol–water partition coefficient (Wildman–Crippen LogP) is 4.84. The molecule has 1 aromatic rings. The molecular weight excluding hydrogens is 285 g/mol. The van der Waals surface area contributed by atoms with Crippen molar-refractivity contribution in [3.63, 3.8) is 0 Å². The zero-order valence-electron chi connectivity index (χ0n) is 10.8. The van der Waals surface area contributed by atoms with Gasteiger partial charge in [-0.3, -0.25) is 0 Å². The van der Waals surface area contributed by atoms with Crippen LogP contribution >= 0.6 is 11.8 Å². The van der Waals surface area contributed by atoms with Gasteiger partial charge in [0.25, 0.3) is 0 Å². The van der Waals surface area contributed by atoms with Crippen LogP contribution in [0.15, 0.2) is 40.7 Å². The number of hydrogen-bond donors (Lipinski definition) is 1. The van der Waals surface area contributed by atoms with Crippen molar-refractivity contribution in [1.82, 2.24) is 0 Å². The summed E-state index contributed by atoms with van der Waals surface area (Å²) in [7, 11) is 0. The van der Waals surface area contributed by atoms with Crippen LogP contribution in [-0.2, 0) is 6.18 Å². The molecule has 1 heterocycles. The molecule has 0 radical (unpaired) electrons. The fourth-order valence-electron chi connectivity index (χ4n) is 1.94. The fourth-order valence-corrected chi connectivity index (χ4v) is 2.91. The number of halogens is 3. The molecule has 0 fully saturated rings. The molecule has 0 saturated heterocycles. The molecule has 20 heavy (non-hydrogen) atoms. The van der Waals surface area contributed by atoms with Crippen LogP contribution in [0.5, 0.6) is 0 Å². The molecule has 0 bridgehead atoms. The number of benzene rings is 1. The van der Waals surface area contributed by atoms with Crippen molar-refractivity contribution in [2.75, 3.05) is 6.61 Å². The van der Waals surface area contributed by atoms with E-state index in [4.69, 9.17) is 5.11 Å². The number of rotatable bonds is 4. The topological polar surface area (TPSA) is 20.2 Å². The molecule has 1 aromatic carbocycles. The van der Waals surface area contributed by atoms with Crippen LogP contribution in [0.1, 0.15) is 30.4 Å². The highest BCUT2D eigenvalue weighted by molar-refractivity contribution is 8.06. The second kappa shape index (κ2) is 6.50. The predicted molar refractivity (Wildman–Crippen MR) is 76.0 cm³/mol. The zero-order chi connectivity index (χ0) is 14.6. The first-order valence-corrected chi connectivity index (χ1v) is 7.22. The maximum Gasteiger partial charge on any atom is 0.416 e. The van der Waals surface area contributed by atoms with Crippen LogP contribution in [0, 0.1) is 0 Å². The van der Waals surface area contributed by atoms with Crippen molar-refractivity contribution in [3.8, 4) is 0 Å². The van der Waals surface area contributed by atoms with Crippen molar-refractivity contribution in [3.05, 3.63) is 51.8 Å². The summed E-state index contributed by atoms with van der Waals surface area (Å²) in [5, 5.41) is 10.8. The highest BCUT2D eigenvalue weighted by Gasteiger charge is 2.30. The first-order valence-electron chi connectivity index (χ1n) is 6.34. The molecule has 0 saturated carbocycles. The van der Waals surface area contributed by atoms with Gasteiger partial charge in [0.15, 0.2) is 0 Å². The average Bonchev–Trinajstić information content (AvgIpc) is 2.45. The second-order valence-electron chi connectivity index (χ2n) is 4.54. The van der Waals surface area contributed by atoms with Crippen LogP contribution in [0.3, 0.4) is 0 Å². The Bertz CT molecular complexity index is 515. The Morgan fingerprint density at radius 2 is 1.85 bits per heavy atom.